The van der Waals surface area contributed by atoms with Crippen LogP contribution in [0.1, 0.15) is 36.5 Å². The third-order valence-electron chi connectivity index (χ3n) is 5.45. The minimum absolute atomic E-state index is 0.257. The van der Waals surface area contributed by atoms with Crippen molar-refractivity contribution in [3.63, 3.8) is 0 Å². The lowest BCUT2D eigenvalue weighted by molar-refractivity contribution is -0.136. The molecule has 0 spiro atoms. The third kappa shape index (κ3) is 9.46. The molecule has 0 atom stereocenters. The number of carbonyl (C=O) groups is 3. The number of amides is 3. The molecule has 0 aliphatic heterocycles. The maximum absolute atomic E-state index is 12.4. The second-order valence-corrected chi connectivity index (χ2v) is 9.15. The zero-order valence-electron chi connectivity index (χ0n) is 22.0. The van der Waals surface area contributed by atoms with Gasteiger partial charge in [0.25, 0.3) is 5.91 Å². The number of carbonyl (C=O) groups excluding carboxylic acids is 3. The number of unbranched alkanes of at least 4 members (excludes halogenated alkanes) is 1. The van der Waals surface area contributed by atoms with Gasteiger partial charge in [0.15, 0.2) is 6.61 Å². The van der Waals surface area contributed by atoms with Crippen LogP contribution in [0.4, 0.5) is 11.4 Å². The number of rotatable bonds is 11. The van der Waals surface area contributed by atoms with Gasteiger partial charge in [-0.3, -0.25) is 14.4 Å². The number of halogens is 1. The van der Waals surface area contributed by atoms with Gasteiger partial charge in [-0.2, -0.15) is 5.10 Å². The minimum Gasteiger partial charge on any atom is -0.494 e. The van der Waals surface area contributed by atoms with Gasteiger partial charge in [-0.15, -0.1) is 0 Å². The fraction of sp³-hybridized carbons (Fsp3) is 0.241. The van der Waals surface area contributed by atoms with Crippen LogP contribution in [0, 0.1) is 13.8 Å². The van der Waals surface area contributed by atoms with Gasteiger partial charge in [-0.05, 0) is 79.9 Å². The van der Waals surface area contributed by atoms with Gasteiger partial charge in [0.05, 0.1) is 12.8 Å². The van der Waals surface area contributed by atoms with Crippen molar-refractivity contribution < 1.29 is 23.9 Å². The highest BCUT2D eigenvalue weighted by molar-refractivity contribution is 6.39. The van der Waals surface area contributed by atoms with Crippen LogP contribution in [0.3, 0.4) is 0 Å². The van der Waals surface area contributed by atoms with Gasteiger partial charge in [0.2, 0.25) is 0 Å². The summed E-state index contributed by atoms with van der Waals surface area (Å²) in [6, 6.07) is 17.2. The zero-order chi connectivity index (χ0) is 28.2. The van der Waals surface area contributed by atoms with Crippen LogP contribution in [0.2, 0.25) is 5.02 Å². The molecule has 10 heteroatoms. The van der Waals surface area contributed by atoms with Crippen molar-refractivity contribution in [3.05, 3.63) is 82.4 Å². The maximum atomic E-state index is 12.4. The summed E-state index contributed by atoms with van der Waals surface area (Å²) in [5.41, 5.74) is 5.67. The fourth-order valence-corrected chi connectivity index (χ4v) is 3.50. The lowest BCUT2D eigenvalue weighted by atomic mass is 10.1. The van der Waals surface area contributed by atoms with E-state index < -0.39 is 11.8 Å². The number of hydrazone groups is 1. The van der Waals surface area contributed by atoms with E-state index in [0.717, 1.165) is 24.0 Å². The smallest absolute Gasteiger partial charge is 0.329 e. The molecule has 3 aromatic rings. The van der Waals surface area contributed by atoms with Gasteiger partial charge in [-0.1, -0.05) is 37.1 Å². The molecule has 0 bridgehead atoms. The highest BCUT2D eigenvalue weighted by Gasteiger charge is 2.14. The SMILES string of the molecule is CCCCOc1ccc(NC(=O)C(=O)N/N=C\c2cc(Cl)ccc2OCC(=O)Nc2cc(C)ccc2C)cc1. The summed E-state index contributed by atoms with van der Waals surface area (Å²) in [6.07, 6.45) is 3.26. The molecule has 0 fully saturated rings. The molecule has 3 N–H and O–H groups in total. The molecule has 0 heterocycles. The molecule has 0 unspecified atom stereocenters. The molecule has 39 heavy (non-hydrogen) atoms. The lowest BCUT2D eigenvalue weighted by Crippen LogP contribution is -2.32. The maximum Gasteiger partial charge on any atom is 0.329 e. The topological polar surface area (TPSA) is 118 Å². The van der Waals surface area contributed by atoms with Crippen LogP contribution < -0.4 is 25.5 Å². The Morgan fingerprint density at radius 3 is 2.44 bits per heavy atom. The number of aryl methyl sites for hydroxylation is 2. The molecule has 0 radical (unpaired) electrons. The quantitative estimate of drug-likeness (QED) is 0.130. The standard InChI is InChI=1S/C29H31ClN4O5/c1-4-5-14-38-24-11-9-23(10-12-24)32-28(36)29(37)34-31-17-21-16-22(30)8-13-26(21)39-18-27(35)33-25-15-19(2)6-7-20(25)3/h6-13,15-17H,4-5,14,18H2,1-3H3,(H,32,36)(H,33,35)(H,34,37)/b31-17-. The molecular weight excluding hydrogens is 520 g/mol. The van der Waals surface area contributed by atoms with Gasteiger partial charge < -0.3 is 20.1 Å². The highest BCUT2D eigenvalue weighted by atomic mass is 35.5. The van der Waals surface area contributed by atoms with E-state index in [2.05, 4.69) is 28.1 Å². The van der Waals surface area contributed by atoms with Crippen molar-refractivity contribution in [3.8, 4) is 11.5 Å². The fourth-order valence-electron chi connectivity index (χ4n) is 3.32. The number of anilines is 2. The van der Waals surface area contributed by atoms with Crippen molar-refractivity contribution in [1.29, 1.82) is 0 Å². The predicted molar refractivity (Wildman–Crippen MR) is 153 cm³/mol. The molecule has 0 saturated heterocycles. The van der Waals surface area contributed by atoms with Crippen molar-refractivity contribution in [2.75, 3.05) is 23.8 Å². The zero-order valence-corrected chi connectivity index (χ0v) is 22.8. The molecule has 3 rings (SSSR count). The molecule has 3 aromatic carbocycles. The average Bonchev–Trinajstić information content (AvgIpc) is 2.91. The molecule has 0 aromatic heterocycles. The second-order valence-electron chi connectivity index (χ2n) is 8.72. The largest absolute Gasteiger partial charge is 0.494 e. The summed E-state index contributed by atoms with van der Waals surface area (Å²) in [5, 5.41) is 9.55. The lowest BCUT2D eigenvalue weighted by Gasteiger charge is -2.12. The Morgan fingerprint density at radius 1 is 0.923 bits per heavy atom. The number of hydrogen-bond acceptors (Lipinski definition) is 6. The molecule has 0 saturated carbocycles. The van der Waals surface area contributed by atoms with E-state index in [1.54, 1.807) is 42.5 Å². The van der Waals surface area contributed by atoms with E-state index in [9.17, 15) is 14.4 Å². The summed E-state index contributed by atoms with van der Waals surface area (Å²) in [5.74, 6) is -1.20. The van der Waals surface area contributed by atoms with Crippen LogP contribution in [-0.4, -0.2) is 37.1 Å². The number of nitrogens with zero attached hydrogens (tertiary/aromatic N) is 1. The van der Waals surface area contributed by atoms with E-state index in [1.165, 1.54) is 6.21 Å². The Hall–Kier alpha value is -4.37. The molecule has 0 aliphatic carbocycles. The Bertz CT molecular complexity index is 1340. The first-order valence-electron chi connectivity index (χ1n) is 12.4. The molecule has 0 aliphatic rings. The first kappa shape index (κ1) is 29.2. The number of hydrogen-bond donors (Lipinski definition) is 3. The van der Waals surface area contributed by atoms with E-state index in [0.29, 0.717) is 40.1 Å². The Morgan fingerprint density at radius 2 is 1.69 bits per heavy atom. The Balaban J connectivity index is 1.53. The van der Waals surface area contributed by atoms with Crippen LogP contribution in [-0.2, 0) is 14.4 Å². The van der Waals surface area contributed by atoms with E-state index in [1.807, 2.05) is 32.0 Å². The van der Waals surface area contributed by atoms with Crippen LogP contribution >= 0.6 is 11.6 Å². The van der Waals surface area contributed by atoms with Crippen molar-refractivity contribution in [2.45, 2.75) is 33.6 Å². The van der Waals surface area contributed by atoms with E-state index >= 15 is 0 Å². The van der Waals surface area contributed by atoms with Crippen molar-refractivity contribution in [1.82, 2.24) is 5.43 Å². The summed E-state index contributed by atoms with van der Waals surface area (Å²) in [6.45, 7) is 6.27. The highest BCUT2D eigenvalue weighted by Crippen LogP contribution is 2.22. The second kappa shape index (κ2) is 14.5. The summed E-state index contributed by atoms with van der Waals surface area (Å²) < 4.78 is 11.2. The number of benzene rings is 3. The van der Waals surface area contributed by atoms with Crippen LogP contribution in [0.5, 0.6) is 11.5 Å². The third-order valence-corrected chi connectivity index (χ3v) is 5.69. The van der Waals surface area contributed by atoms with Crippen LogP contribution in [0.15, 0.2) is 65.8 Å². The Labute approximate surface area is 232 Å². The first-order chi connectivity index (χ1) is 18.7. The van der Waals surface area contributed by atoms with Crippen molar-refractivity contribution in [2.24, 2.45) is 5.10 Å². The summed E-state index contributed by atoms with van der Waals surface area (Å²) in [7, 11) is 0. The van der Waals surface area contributed by atoms with Gasteiger partial charge >= 0.3 is 11.8 Å². The molecule has 3 amide bonds. The molecule has 9 nitrogen and oxygen atoms in total. The normalized spacial score (nSPS) is 10.7. The van der Waals surface area contributed by atoms with Crippen LogP contribution in [0.25, 0.3) is 0 Å². The summed E-state index contributed by atoms with van der Waals surface area (Å²) >= 11 is 6.09. The minimum atomic E-state index is -0.966. The Kier molecular flexibility index (Phi) is 10.9. The first-order valence-corrected chi connectivity index (χ1v) is 12.8. The average molecular weight is 551 g/mol. The van der Waals surface area contributed by atoms with E-state index in [4.69, 9.17) is 21.1 Å². The van der Waals surface area contributed by atoms with Gasteiger partial charge in [-0.25, -0.2) is 5.43 Å². The number of ether oxygens (including phenoxy) is 2. The molecule has 204 valence electrons. The number of nitrogens with one attached hydrogen (secondary N) is 3. The van der Waals surface area contributed by atoms with Gasteiger partial charge in [0.1, 0.15) is 11.5 Å². The predicted octanol–water partition coefficient (Wildman–Crippen LogP) is 5.24. The van der Waals surface area contributed by atoms with E-state index in [-0.39, 0.29) is 12.5 Å². The van der Waals surface area contributed by atoms with Crippen molar-refractivity contribution >= 4 is 46.9 Å². The molecular formula is C29H31ClN4O5. The monoisotopic (exact) mass is 550 g/mol. The summed E-state index contributed by atoms with van der Waals surface area (Å²) in [4.78, 5) is 36.9. The van der Waals surface area contributed by atoms with Gasteiger partial charge in [0, 0.05) is 22.0 Å².